The average Bonchev–Trinajstić information content (AvgIpc) is 3.00. The molecule has 0 radical (unpaired) electrons. The second-order valence-electron chi connectivity index (χ2n) is 5.28. The average molecular weight is 247 g/mol. The molecule has 2 N–H and O–H groups in total. The highest BCUT2D eigenvalue weighted by Crippen LogP contribution is 2.31. The lowest BCUT2D eigenvalue weighted by Gasteiger charge is -2.12. The molecule has 3 nitrogen and oxygen atoms in total. The molecule has 0 aromatic heterocycles. The third kappa shape index (κ3) is 2.52. The molecule has 2 aliphatic rings. The van der Waals surface area contributed by atoms with Gasteiger partial charge >= 0.3 is 0 Å². The van der Waals surface area contributed by atoms with E-state index in [1.807, 2.05) is 6.07 Å². The van der Waals surface area contributed by atoms with E-state index in [2.05, 4.69) is 12.1 Å². The second-order valence-corrected chi connectivity index (χ2v) is 5.28. The van der Waals surface area contributed by atoms with E-state index in [0.29, 0.717) is 6.10 Å². The number of hydrogen-bond donors (Lipinski definition) is 1. The van der Waals surface area contributed by atoms with Gasteiger partial charge in [-0.2, -0.15) is 0 Å². The Labute approximate surface area is 108 Å². The van der Waals surface area contributed by atoms with Crippen LogP contribution in [0.3, 0.4) is 0 Å². The zero-order valence-corrected chi connectivity index (χ0v) is 10.7. The summed E-state index contributed by atoms with van der Waals surface area (Å²) in [4.78, 5) is 0. The summed E-state index contributed by atoms with van der Waals surface area (Å²) in [5.74, 6) is 0.973. The summed E-state index contributed by atoms with van der Waals surface area (Å²) < 4.78 is 11.4. The molecule has 2 atom stereocenters. The van der Waals surface area contributed by atoms with Gasteiger partial charge in [-0.25, -0.2) is 0 Å². The van der Waals surface area contributed by atoms with Crippen LogP contribution in [0.15, 0.2) is 18.2 Å². The first-order valence-corrected chi connectivity index (χ1v) is 6.96. The van der Waals surface area contributed by atoms with E-state index in [1.165, 1.54) is 24.0 Å². The molecule has 3 heteroatoms. The molecule has 1 aromatic carbocycles. The molecular formula is C15H21NO2. The number of rotatable bonds is 4. The highest BCUT2D eigenvalue weighted by Gasteiger charge is 2.19. The van der Waals surface area contributed by atoms with Crippen LogP contribution in [0.4, 0.5) is 0 Å². The molecule has 1 unspecified atom stereocenters. The van der Waals surface area contributed by atoms with Crippen LogP contribution in [0.1, 0.15) is 42.9 Å². The van der Waals surface area contributed by atoms with E-state index < -0.39 is 0 Å². The Morgan fingerprint density at radius 1 is 1.33 bits per heavy atom. The van der Waals surface area contributed by atoms with E-state index in [4.69, 9.17) is 15.2 Å². The van der Waals surface area contributed by atoms with Crippen LogP contribution in [0.5, 0.6) is 5.75 Å². The van der Waals surface area contributed by atoms with Crippen molar-refractivity contribution in [3.63, 3.8) is 0 Å². The maximum Gasteiger partial charge on any atom is 0.119 e. The normalized spacial score (nSPS) is 26.3. The molecule has 1 heterocycles. The molecule has 1 aromatic rings. The first-order valence-electron chi connectivity index (χ1n) is 6.96. The Bertz CT molecular complexity index is 413. The quantitative estimate of drug-likeness (QED) is 0.889. The van der Waals surface area contributed by atoms with Crippen LogP contribution < -0.4 is 10.5 Å². The summed E-state index contributed by atoms with van der Waals surface area (Å²) in [6, 6.07) is 6.53. The van der Waals surface area contributed by atoms with Crippen molar-refractivity contribution in [3.8, 4) is 5.75 Å². The predicted molar refractivity (Wildman–Crippen MR) is 70.8 cm³/mol. The van der Waals surface area contributed by atoms with E-state index >= 15 is 0 Å². The fourth-order valence-corrected chi connectivity index (χ4v) is 2.90. The van der Waals surface area contributed by atoms with Gasteiger partial charge in [0.1, 0.15) is 5.75 Å². The van der Waals surface area contributed by atoms with Crippen LogP contribution in [-0.4, -0.2) is 19.3 Å². The third-order valence-electron chi connectivity index (χ3n) is 3.97. The van der Waals surface area contributed by atoms with Crippen molar-refractivity contribution in [3.05, 3.63) is 29.3 Å². The fraction of sp³-hybridized carbons (Fsp3) is 0.600. The van der Waals surface area contributed by atoms with Gasteiger partial charge in [-0.05, 0) is 48.9 Å². The minimum absolute atomic E-state index is 0.223. The zero-order chi connectivity index (χ0) is 12.4. The van der Waals surface area contributed by atoms with Gasteiger partial charge in [0.05, 0.1) is 12.7 Å². The first kappa shape index (κ1) is 12.0. The Morgan fingerprint density at radius 2 is 2.28 bits per heavy atom. The Kier molecular flexibility index (Phi) is 3.52. The zero-order valence-electron chi connectivity index (χ0n) is 10.7. The lowest BCUT2D eigenvalue weighted by molar-refractivity contribution is 0.0903. The van der Waals surface area contributed by atoms with E-state index in [9.17, 15) is 0 Å². The number of nitrogens with two attached hydrogens (primary N) is 1. The largest absolute Gasteiger partial charge is 0.493 e. The van der Waals surface area contributed by atoms with Crippen LogP contribution >= 0.6 is 0 Å². The van der Waals surface area contributed by atoms with Gasteiger partial charge in [0, 0.05) is 19.1 Å². The maximum atomic E-state index is 6.02. The van der Waals surface area contributed by atoms with Gasteiger partial charge in [0.2, 0.25) is 0 Å². The number of hydrogen-bond acceptors (Lipinski definition) is 3. The Morgan fingerprint density at radius 3 is 3.11 bits per heavy atom. The Balaban J connectivity index is 1.53. The molecule has 1 fully saturated rings. The number of benzene rings is 1. The number of fused-ring (bicyclic) bond motifs is 1. The SMILES string of the molecule is N[C@H]1CCc2cc(OCCC3CCCO3)ccc21. The highest BCUT2D eigenvalue weighted by molar-refractivity contribution is 5.40. The number of aryl methyl sites for hydroxylation is 1. The summed E-state index contributed by atoms with van der Waals surface area (Å²) in [6.45, 7) is 1.66. The van der Waals surface area contributed by atoms with Crippen molar-refractivity contribution >= 4 is 0 Å². The summed E-state index contributed by atoms with van der Waals surface area (Å²) in [6.07, 6.45) is 5.93. The Hall–Kier alpha value is -1.06. The smallest absolute Gasteiger partial charge is 0.119 e. The molecule has 1 aliphatic carbocycles. The van der Waals surface area contributed by atoms with Crippen molar-refractivity contribution in [2.75, 3.05) is 13.2 Å². The minimum atomic E-state index is 0.223. The van der Waals surface area contributed by atoms with Gasteiger partial charge in [-0.1, -0.05) is 6.07 Å². The van der Waals surface area contributed by atoms with Crippen molar-refractivity contribution in [1.82, 2.24) is 0 Å². The fourth-order valence-electron chi connectivity index (χ4n) is 2.90. The lowest BCUT2D eigenvalue weighted by Crippen LogP contribution is -2.11. The molecular weight excluding hydrogens is 226 g/mol. The molecule has 0 amide bonds. The van der Waals surface area contributed by atoms with Crippen LogP contribution in [-0.2, 0) is 11.2 Å². The van der Waals surface area contributed by atoms with Crippen molar-refractivity contribution in [2.45, 2.75) is 44.2 Å². The molecule has 0 saturated carbocycles. The summed E-state index contributed by atoms with van der Waals surface area (Å²) in [7, 11) is 0. The molecule has 18 heavy (non-hydrogen) atoms. The predicted octanol–water partition coefficient (Wildman–Crippen LogP) is 2.58. The molecule has 1 aliphatic heterocycles. The van der Waals surface area contributed by atoms with Crippen LogP contribution in [0, 0.1) is 0 Å². The van der Waals surface area contributed by atoms with E-state index in [-0.39, 0.29) is 6.04 Å². The standard InChI is InChI=1S/C15H21NO2/c16-15-6-3-11-10-13(4-5-14(11)15)18-9-7-12-2-1-8-17-12/h4-5,10,12,15H,1-3,6-9,16H2/t12?,15-/m0/s1. The number of ether oxygens (including phenoxy) is 2. The van der Waals surface area contributed by atoms with Gasteiger partial charge < -0.3 is 15.2 Å². The van der Waals surface area contributed by atoms with Crippen LogP contribution in [0.2, 0.25) is 0 Å². The minimum Gasteiger partial charge on any atom is -0.493 e. The topological polar surface area (TPSA) is 44.5 Å². The van der Waals surface area contributed by atoms with Gasteiger partial charge in [0.25, 0.3) is 0 Å². The van der Waals surface area contributed by atoms with Crippen LogP contribution in [0.25, 0.3) is 0 Å². The van der Waals surface area contributed by atoms with Crippen molar-refractivity contribution in [1.29, 1.82) is 0 Å². The lowest BCUT2D eigenvalue weighted by atomic mass is 10.1. The van der Waals surface area contributed by atoms with Gasteiger partial charge in [-0.3, -0.25) is 0 Å². The first-order chi connectivity index (χ1) is 8.83. The van der Waals surface area contributed by atoms with Gasteiger partial charge in [0.15, 0.2) is 0 Å². The molecule has 0 bridgehead atoms. The molecule has 98 valence electrons. The van der Waals surface area contributed by atoms with Crippen molar-refractivity contribution in [2.24, 2.45) is 5.73 Å². The molecule has 0 spiro atoms. The van der Waals surface area contributed by atoms with E-state index in [1.54, 1.807) is 0 Å². The van der Waals surface area contributed by atoms with Gasteiger partial charge in [-0.15, -0.1) is 0 Å². The summed E-state index contributed by atoms with van der Waals surface area (Å²) in [5, 5.41) is 0. The molecule has 3 rings (SSSR count). The summed E-state index contributed by atoms with van der Waals surface area (Å²) in [5.41, 5.74) is 8.67. The van der Waals surface area contributed by atoms with Crippen molar-refractivity contribution < 1.29 is 9.47 Å². The maximum absolute atomic E-state index is 6.02. The third-order valence-corrected chi connectivity index (χ3v) is 3.97. The second kappa shape index (κ2) is 5.29. The monoisotopic (exact) mass is 247 g/mol. The summed E-state index contributed by atoms with van der Waals surface area (Å²) >= 11 is 0. The highest BCUT2D eigenvalue weighted by atomic mass is 16.5. The molecule has 1 saturated heterocycles. The van der Waals surface area contributed by atoms with E-state index in [0.717, 1.165) is 38.2 Å².